The van der Waals surface area contributed by atoms with Crippen molar-refractivity contribution in [1.29, 1.82) is 0 Å². The van der Waals surface area contributed by atoms with E-state index in [1.54, 1.807) is 0 Å². The normalized spacial score (nSPS) is 27.3. The second-order valence-electron chi connectivity index (χ2n) is 2.44. The number of hydrogen-bond acceptors (Lipinski definition) is 3. The maximum Gasteiger partial charge on any atom is 0.219 e. The average molecular weight is 163 g/mol. The van der Waals surface area contributed by atoms with Crippen LogP contribution in [0.1, 0.15) is 19.3 Å². The molecule has 1 rings (SSSR count). The van der Waals surface area contributed by atoms with Crippen molar-refractivity contribution in [2.75, 3.05) is 0 Å². The van der Waals surface area contributed by atoms with Crippen molar-refractivity contribution in [2.24, 2.45) is 5.14 Å². The van der Waals surface area contributed by atoms with E-state index in [1.807, 2.05) is 0 Å². The Labute approximate surface area is 59.5 Å². The van der Waals surface area contributed by atoms with Crippen LogP contribution in [0.4, 0.5) is 0 Å². The predicted octanol–water partition coefficient (Wildman–Crippen LogP) is -0.603. The molecule has 10 heavy (non-hydrogen) atoms. The third kappa shape index (κ3) is 1.35. The van der Waals surface area contributed by atoms with Crippen LogP contribution in [0.15, 0.2) is 0 Å². The minimum absolute atomic E-state index is 0.234. The SMILES string of the molecule is NS(=O)(=O)C1CCCC1=O. The van der Waals surface area contributed by atoms with Gasteiger partial charge in [0, 0.05) is 6.42 Å². The van der Waals surface area contributed by atoms with Crippen LogP contribution in [0.2, 0.25) is 0 Å². The van der Waals surface area contributed by atoms with Crippen LogP contribution in [0, 0.1) is 0 Å². The molecule has 0 amide bonds. The first kappa shape index (κ1) is 7.68. The predicted molar refractivity (Wildman–Crippen MR) is 35.8 cm³/mol. The van der Waals surface area contributed by atoms with E-state index in [1.165, 1.54) is 0 Å². The van der Waals surface area contributed by atoms with Gasteiger partial charge in [-0.2, -0.15) is 0 Å². The highest BCUT2D eigenvalue weighted by Gasteiger charge is 2.33. The third-order valence-corrected chi connectivity index (χ3v) is 2.94. The molecule has 0 aromatic carbocycles. The van der Waals surface area contributed by atoms with E-state index >= 15 is 0 Å². The molecule has 1 aliphatic carbocycles. The largest absolute Gasteiger partial charge is 0.298 e. The summed E-state index contributed by atoms with van der Waals surface area (Å²) in [4.78, 5) is 10.8. The quantitative estimate of drug-likeness (QED) is 0.560. The zero-order valence-corrected chi connectivity index (χ0v) is 6.23. The van der Waals surface area contributed by atoms with Crippen molar-refractivity contribution in [3.8, 4) is 0 Å². The van der Waals surface area contributed by atoms with E-state index in [4.69, 9.17) is 5.14 Å². The third-order valence-electron chi connectivity index (χ3n) is 1.65. The monoisotopic (exact) mass is 163 g/mol. The molecule has 2 N–H and O–H groups in total. The number of primary sulfonamides is 1. The van der Waals surface area contributed by atoms with Crippen molar-refractivity contribution in [2.45, 2.75) is 24.5 Å². The zero-order chi connectivity index (χ0) is 7.78. The minimum atomic E-state index is -3.60. The summed E-state index contributed by atoms with van der Waals surface area (Å²) < 4.78 is 21.2. The lowest BCUT2D eigenvalue weighted by molar-refractivity contribution is -0.117. The summed E-state index contributed by atoms with van der Waals surface area (Å²) in [6.45, 7) is 0. The van der Waals surface area contributed by atoms with E-state index in [0.29, 0.717) is 19.3 Å². The summed E-state index contributed by atoms with van der Waals surface area (Å²) in [5, 5.41) is 3.87. The highest BCUT2D eigenvalue weighted by atomic mass is 32.2. The van der Waals surface area contributed by atoms with Crippen molar-refractivity contribution in [3.63, 3.8) is 0 Å². The molecule has 4 nitrogen and oxygen atoms in total. The Morgan fingerprint density at radius 2 is 2.10 bits per heavy atom. The smallest absolute Gasteiger partial charge is 0.219 e. The van der Waals surface area contributed by atoms with Crippen LogP contribution in [0.25, 0.3) is 0 Å². The fraction of sp³-hybridized carbons (Fsp3) is 0.800. The fourth-order valence-electron chi connectivity index (χ4n) is 1.13. The molecule has 0 bridgehead atoms. The second kappa shape index (κ2) is 2.32. The molecule has 0 aliphatic heterocycles. The van der Waals surface area contributed by atoms with Crippen LogP contribution < -0.4 is 5.14 Å². The Bertz CT molecular complexity index is 244. The Hall–Kier alpha value is -0.420. The van der Waals surface area contributed by atoms with Crippen molar-refractivity contribution in [3.05, 3.63) is 0 Å². The highest BCUT2D eigenvalue weighted by Crippen LogP contribution is 2.19. The van der Waals surface area contributed by atoms with Gasteiger partial charge >= 0.3 is 0 Å². The Kier molecular flexibility index (Phi) is 1.78. The molecular formula is C5H9NO3S. The molecule has 1 aliphatic rings. The fourth-order valence-corrected chi connectivity index (χ4v) is 2.11. The average Bonchev–Trinajstić information content (AvgIpc) is 2.11. The summed E-state index contributed by atoms with van der Waals surface area (Å²) >= 11 is 0. The van der Waals surface area contributed by atoms with Gasteiger partial charge in [0.05, 0.1) is 0 Å². The molecule has 58 valence electrons. The molecule has 1 saturated carbocycles. The summed E-state index contributed by atoms with van der Waals surface area (Å²) in [6.07, 6.45) is 1.42. The van der Waals surface area contributed by atoms with Gasteiger partial charge in [0.25, 0.3) is 0 Å². The van der Waals surface area contributed by atoms with E-state index in [9.17, 15) is 13.2 Å². The van der Waals surface area contributed by atoms with Crippen molar-refractivity contribution < 1.29 is 13.2 Å². The first-order chi connectivity index (χ1) is 4.52. The Morgan fingerprint density at radius 1 is 1.50 bits per heavy atom. The molecule has 0 heterocycles. The second-order valence-corrected chi connectivity index (χ2v) is 4.18. The standard InChI is InChI=1S/C5H9NO3S/c6-10(8,9)5-3-1-2-4(5)7/h5H,1-3H2,(H2,6,8,9). The first-order valence-electron chi connectivity index (χ1n) is 3.06. The van der Waals surface area contributed by atoms with E-state index in [0.717, 1.165) is 0 Å². The first-order valence-corrected chi connectivity index (χ1v) is 4.67. The zero-order valence-electron chi connectivity index (χ0n) is 5.41. The number of ketones is 1. The number of Topliss-reactive ketones (excluding diaryl/α,β-unsaturated/α-hetero) is 1. The number of hydrogen-bond donors (Lipinski definition) is 1. The van der Waals surface area contributed by atoms with Crippen LogP contribution in [0.3, 0.4) is 0 Å². The topological polar surface area (TPSA) is 77.2 Å². The van der Waals surface area contributed by atoms with Gasteiger partial charge in [0.15, 0.2) is 5.78 Å². The lowest BCUT2D eigenvalue weighted by Crippen LogP contribution is -2.31. The van der Waals surface area contributed by atoms with Crippen LogP contribution >= 0.6 is 0 Å². The molecule has 1 atom stereocenters. The van der Waals surface area contributed by atoms with E-state index in [2.05, 4.69) is 0 Å². The summed E-state index contributed by atoms with van der Waals surface area (Å²) in [5.41, 5.74) is 0. The lowest BCUT2D eigenvalue weighted by atomic mass is 10.3. The molecular weight excluding hydrogens is 154 g/mol. The molecule has 5 heteroatoms. The number of carbonyl (C=O) groups excluding carboxylic acids is 1. The summed E-state index contributed by atoms with van der Waals surface area (Å²) in [5.74, 6) is -0.234. The van der Waals surface area contributed by atoms with Gasteiger partial charge in [-0.1, -0.05) is 0 Å². The van der Waals surface area contributed by atoms with E-state index < -0.39 is 15.3 Å². The molecule has 1 fully saturated rings. The summed E-state index contributed by atoms with van der Waals surface area (Å²) in [7, 11) is -3.60. The molecule has 0 spiro atoms. The van der Waals surface area contributed by atoms with Gasteiger partial charge < -0.3 is 0 Å². The highest BCUT2D eigenvalue weighted by molar-refractivity contribution is 7.90. The van der Waals surface area contributed by atoms with Gasteiger partial charge in [-0.15, -0.1) is 0 Å². The molecule has 0 aromatic heterocycles. The minimum Gasteiger partial charge on any atom is -0.298 e. The summed E-state index contributed by atoms with van der Waals surface area (Å²) in [6, 6.07) is 0. The van der Waals surface area contributed by atoms with Gasteiger partial charge in [-0.25, -0.2) is 13.6 Å². The van der Waals surface area contributed by atoms with Crippen LogP contribution in [0.5, 0.6) is 0 Å². The van der Waals surface area contributed by atoms with Gasteiger partial charge in [-0.3, -0.25) is 4.79 Å². The van der Waals surface area contributed by atoms with Gasteiger partial charge in [-0.05, 0) is 12.8 Å². The molecule has 0 aromatic rings. The molecule has 1 unspecified atom stereocenters. The maximum absolute atomic E-state index is 10.8. The van der Waals surface area contributed by atoms with Crippen LogP contribution in [-0.4, -0.2) is 19.5 Å². The Balaban J connectivity index is 2.84. The van der Waals surface area contributed by atoms with Crippen molar-refractivity contribution >= 4 is 15.8 Å². The lowest BCUT2D eigenvalue weighted by Gasteiger charge is -2.01. The van der Waals surface area contributed by atoms with E-state index in [-0.39, 0.29) is 5.78 Å². The Morgan fingerprint density at radius 3 is 2.30 bits per heavy atom. The molecule has 0 saturated heterocycles. The number of rotatable bonds is 1. The molecule has 0 radical (unpaired) electrons. The maximum atomic E-state index is 10.8. The number of sulfonamides is 1. The van der Waals surface area contributed by atoms with Crippen LogP contribution in [-0.2, 0) is 14.8 Å². The number of nitrogens with two attached hydrogens (primary N) is 1. The van der Waals surface area contributed by atoms with Crippen molar-refractivity contribution in [1.82, 2.24) is 0 Å². The van der Waals surface area contributed by atoms with Gasteiger partial charge in [0.2, 0.25) is 10.0 Å². The van der Waals surface area contributed by atoms with Gasteiger partial charge in [0.1, 0.15) is 5.25 Å². The number of carbonyl (C=O) groups is 1.